The second-order valence-corrected chi connectivity index (χ2v) is 7.03. The summed E-state index contributed by atoms with van der Waals surface area (Å²) in [5, 5.41) is 10.3. The van der Waals surface area contributed by atoms with Crippen LogP contribution in [0.3, 0.4) is 0 Å². The zero-order valence-corrected chi connectivity index (χ0v) is 13.9. The maximum absolute atomic E-state index is 12.7. The molecule has 0 unspecified atom stereocenters. The van der Waals surface area contributed by atoms with Gasteiger partial charge >= 0.3 is 0 Å². The largest absolute Gasteiger partial charge is 0.286 e. The minimum Gasteiger partial charge on any atom is -0.258 e. The van der Waals surface area contributed by atoms with Crippen molar-refractivity contribution in [3.63, 3.8) is 0 Å². The van der Waals surface area contributed by atoms with E-state index in [9.17, 15) is 18.5 Å². The van der Waals surface area contributed by atoms with Gasteiger partial charge in [-0.3, -0.25) is 10.1 Å². The number of hydrogen-bond acceptors (Lipinski definition) is 4. The Balaban J connectivity index is 2.56. The number of benzene rings is 2. The fraction of sp³-hybridized carbons (Fsp3) is 0.118. The summed E-state index contributed by atoms with van der Waals surface area (Å²) < 4.78 is 25.4. The predicted molar refractivity (Wildman–Crippen MR) is 90.7 cm³/mol. The molecule has 0 N–H and O–H groups in total. The number of nitrogens with zero attached hydrogens (tertiary/aromatic N) is 2. The summed E-state index contributed by atoms with van der Waals surface area (Å²) in [6.07, 6.45) is 0. The zero-order valence-electron chi connectivity index (χ0n) is 13.1. The third-order valence-electron chi connectivity index (χ3n) is 3.52. The minimum atomic E-state index is -3.95. The molecular formula is C17H14N2O4S. The van der Waals surface area contributed by atoms with Crippen LogP contribution in [0.15, 0.2) is 58.5 Å². The second kappa shape index (κ2) is 6.64. The highest BCUT2D eigenvalue weighted by Gasteiger charge is 2.24. The molecule has 0 aliphatic rings. The maximum Gasteiger partial charge on any atom is 0.286 e. The van der Waals surface area contributed by atoms with Crippen LogP contribution in [-0.4, -0.2) is 13.3 Å². The predicted octanol–water partition coefficient (Wildman–Crippen LogP) is 3.98. The summed E-state index contributed by atoms with van der Waals surface area (Å²) in [5.41, 5.74) is 1.51. The van der Waals surface area contributed by atoms with Gasteiger partial charge in [-0.05, 0) is 49.2 Å². The van der Waals surface area contributed by atoms with Gasteiger partial charge in [0.15, 0.2) is 0 Å². The number of nitro groups is 1. The molecule has 0 heterocycles. The first-order valence-corrected chi connectivity index (χ1v) is 8.40. The highest BCUT2D eigenvalue weighted by molar-refractivity contribution is 7.95. The van der Waals surface area contributed by atoms with Gasteiger partial charge in [-0.25, -0.2) is 13.3 Å². The van der Waals surface area contributed by atoms with Crippen molar-refractivity contribution in [1.29, 1.82) is 0 Å². The van der Waals surface area contributed by atoms with E-state index in [1.165, 1.54) is 43.3 Å². The lowest BCUT2D eigenvalue weighted by atomic mass is 10.1. The molecule has 0 saturated carbocycles. The normalized spacial score (nSPS) is 12.2. The van der Waals surface area contributed by atoms with E-state index in [1.54, 1.807) is 12.1 Å². The van der Waals surface area contributed by atoms with Gasteiger partial charge in [0.1, 0.15) is 0 Å². The molecule has 0 fully saturated rings. The lowest BCUT2D eigenvalue weighted by molar-refractivity contribution is -0.384. The molecule has 0 aromatic heterocycles. The Bertz CT molecular complexity index is 951. The van der Waals surface area contributed by atoms with E-state index in [1.807, 2.05) is 6.92 Å². The number of nitro benzene ring substituents is 1. The summed E-state index contributed by atoms with van der Waals surface area (Å²) in [7, 11) is -3.95. The molecule has 2 rings (SSSR count). The summed E-state index contributed by atoms with van der Waals surface area (Å²) in [4.78, 5) is 13.4. The van der Waals surface area contributed by atoms with Gasteiger partial charge < -0.3 is 0 Å². The number of rotatable bonds is 4. The third kappa shape index (κ3) is 3.34. The Morgan fingerprint density at radius 3 is 2.08 bits per heavy atom. The monoisotopic (exact) mass is 342 g/mol. The molecule has 0 bridgehead atoms. The van der Waals surface area contributed by atoms with E-state index >= 15 is 0 Å². The average molecular weight is 342 g/mol. The van der Waals surface area contributed by atoms with Gasteiger partial charge in [0.05, 0.1) is 16.4 Å². The van der Waals surface area contributed by atoms with Gasteiger partial charge in [0.25, 0.3) is 10.7 Å². The van der Waals surface area contributed by atoms with Crippen LogP contribution in [0.4, 0.5) is 5.69 Å². The summed E-state index contributed by atoms with van der Waals surface area (Å²) in [6.45, 7) is 10.6. The fourth-order valence-electron chi connectivity index (χ4n) is 2.13. The van der Waals surface area contributed by atoms with Crippen molar-refractivity contribution in [3.8, 4) is 0 Å². The Hall–Kier alpha value is -2.98. The molecule has 0 aliphatic heterocycles. The Labute approximate surface area is 140 Å². The van der Waals surface area contributed by atoms with E-state index in [4.69, 9.17) is 6.57 Å². The summed E-state index contributed by atoms with van der Waals surface area (Å²) >= 11 is 0. The van der Waals surface area contributed by atoms with Crippen LogP contribution in [-0.2, 0) is 9.84 Å². The van der Waals surface area contributed by atoms with Gasteiger partial charge in [-0.2, -0.15) is 0 Å². The van der Waals surface area contributed by atoms with Crippen molar-refractivity contribution in [2.24, 2.45) is 0 Å². The van der Waals surface area contributed by atoms with Crippen LogP contribution < -0.4 is 0 Å². The first-order valence-electron chi connectivity index (χ1n) is 6.92. The van der Waals surface area contributed by atoms with Crippen molar-refractivity contribution in [2.45, 2.75) is 18.7 Å². The molecule has 6 nitrogen and oxygen atoms in total. The van der Waals surface area contributed by atoms with Crippen LogP contribution in [0.1, 0.15) is 18.1 Å². The molecule has 0 saturated heterocycles. The zero-order chi connectivity index (χ0) is 17.9. The number of hydrogen-bond donors (Lipinski definition) is 0. The number of sulfone groups is 1. The average Bonchev–Trinajstić information content (AvgIpc) is 2.55. The number of allylic oxidation sites excluding steroid dienone is 1. The lowest BCUT2D eigenvalue weighted by Gasteiger charge is -2.08. The minimum absolute atomic E-state index is 0.0420. The van der Waals surface area contributed by atoms with Crippen molar-refractivity contribution in [1.82, 2.24) is 0 Å². The molecule has 2 aromatic carbocycles. The smallest absolute Gasteiger partial charge is 0.258 e. The van der Waals surface area contributed by atoms with Crippen molar-refractivity contribution in [3.05, 3.63) is 86.2 Å². The van der Waals surface area contributed by atoms with Crippen molar-refractivity contribution >= 4 is 21.1 Å². The number of non-ortho nitro benzene ring substituents is 1. The van der Waals surface area contributed by atoms with E-state index in [0.717, 1.165) is 5.56 Å². The summed E-state index contributed by atoms with van der Waals surface area (Å²) in [5.74, 6) is 0. The van der Waals surface area contributed by atoms with E-state index < -0.39 is 14.8 Å². The molecule has 0 spiro atoms. The fourth-order valence-corrected chi connectivity index (χ4v) is 3.49. The first-order chi connectivity index (χ1) is 11.3. The van der Waals surface area contributed by atoms with E-state index in [-0.39, 0.29) is 21.2 Å². The van der Waals surface area contributed by atoms with E-state index in [0.29, 0.717) is 5.56 Å². The summed E-state index contributed by atoms with van der Waals surface area (Å²) in [6, 6.07) is 11.7. The van der Waals surface area contributed by atoms with Crippen molar-refractivity contribution < 1.29 is 13.3 Å². The van der Waals surface area contributed by atoms with Gasteiger partial charge in [-0.15, -0.1) is 0 Å². The van der Waals surface area contributed by atoms with Gasteiger partial charge in [0, 0.05) is 12.1 Å². The van der Waals surface area contributed by atoms with Crippen LogP contribution >= 0.6 is 0 Å². The molecule has 24 heavy (non-hydrogen) atoms. The molecule has 0 aliphatic carbocycles. The van der Waals surface area contributed by atoms with Crippen molar-refractivity contribution in [2.75, 3.05) is 0 Å². The molecule has 0 radical (unpaired) electrons. The first kappa shape index (κ1) is 17.4. The van der Waals surface area contributed by atoms with Crippen LogP contribution in [0.5, 0.6) is 0 Å². The third-order valence-corrected chi connectivity index (χ3v) is 5.32. The second-order valence-electron chi connectivity index (χ2n) is 5.16. The van der Waals surface area contributed by atoms with Crippen LogP contribution in [0.25, 0.3) is 10.4 Å². The van der Waals surface area contributed by atoms with Crippen LogP contribution in [0.2, 0.25) is 0 Å². The molecule has 122 valence electrons. The Kier molecular flexibility index (Phi) is 4.81. The molecule has 7 heteroatoms. The molecule has 0 atom stereocenters. The maximum atomic E-state index is 12.7. The molecule has 0 amide bonds. The van der Waals surface area contributed by atoms with Crippen LogP contribution in [0, 0.1) is 23.6 Å². The highest BCUT2D eigenvalue weighted by atomic mass is 32.2. The topological polar surface area (TPSA) is 81.6 Å². The van der Waals surface area contributed by atoms with E-state index in [2.05, 4.69) is 4.85 Å². The SMILES string of the molecule is [C-]#[N+]/C(=C(\C)c1ccc([N+](=O)[O-])cc1)S(=O)(=O)c1ccc(C)cc1. The molecular weight excluding hydrogens is 328 g/mol. The van der Waals surface area contributed by atoms with Gasteiger partial charge in [-0.1, -0.05) is 17.7 Å². The Morgan fingerprint density at radius 1 is 1.08 bits per heavy atom. The quantitative estimate of drug-likeness (QED) is 0.478. The number of aryl methyl sites for hydroxylation is 1. The lowest BCUT2D eigenvalue weighted by Crippen LogP contribution is -2.04. The Morgan fingerprint density at radius 2 is 1.62 bits per heavy atom. The van der Waals surface area contributed by atoms with Gasteiger partial charge in [0.2, 0.25) is 9.84 Å². The highest BCUT2D eigenvalue weighted by Crippen LogP contribution is 2.29. The standard InChI is InChI=1S/C17H14N2O4S/c1-12-4-10-16(11-5-12)24(22,23)17(18-3)13(2)14-6-8-15(9-7-14)19(20)21/h4-11H,1-2H3/b17-13-. The molecule has 2 aromatic rings.